The lowest BCUT2D eigenvalue weighted by Crippen LogP contribution is -2.37. The third-order valence-electron chi connectivity index (χ3n) is 5.56. The zero-order chi connectivity index (χ0) is 25.3. The Morgan fingerprint density at radius 3 is 2.40 bits per heavy atom. The molecule has 0 radical (unpaired) electrons. The van der Waals surface area contributed by atoms with Gasteiger partial charge in [-0.3, -0.25) is 19.4 Å². The van der Waals surface area contributed by atoms with E-state index in [9.17, 15) is 19.2 Å². The number of H-pyrrole nitrogens is 2. The van der Waals surface area contributed by atoms with Crippen LogP contribution in [-0.2, 0) is 4.79 Å². The molecule has 0 spiro atoms. The van der Waals surface area contributed by atoms with Gasteiger partial charge in [-0.25, -0.2) is 9.89 Å². The minimum atomic E-state index is -0.919. The average molecular weight is 518 g/mol. The molecule has 1 aliphatic heterocycles. The number of likely N-dealkylation sites (tertiary alicyclic amines) is 1. The molecule has 12 nitrogen and oxygen atoms in total. The number of nitrogens with zero attached hydrogens (tertiary/aromatic N) is 5. The molecule has 0 saturated carbocycles. The van der Waals surface area contributed by atoms with Gasteiger partial charge in [-0.2, -0.15) is 9.94 Å². The van der Waals surface area contributed by atoms with E-state index in [4.69, 9.17) is 33.2 Å². The lowest BCUT2D eigenvalue weighted by molar-refractivity contribution is -0.129. The summed E-state index contributed by atoms with van der Waals surface area (Å²) in [5, 5.41) is 19.0. The fraction of sp³-hybridized carbons (Fsp3) is 0.286. The quantitative estimate of drug-likeness (QED) is 0.526. The van der Waals surface area contributed by atoms with Crippen LogP contribution >= 0.6 is 23.2 Å². The molecular weight excluding hydrogens is 501 g/mol. The number of hydrogen-bond donors (Lipinski definition) is 2. The van der Waals surface area contributed by atoms with Crippen molar-refractivity contribution < 1.29 is 9.53 Å². The smallest absolute Gasteiger partial charge is 0.349 e. The maximum Gasteiger partial charge on any atom is 0.349 e. The topological polar surface area (TPSA) is 167 Å². The Hall–Kier alpha value is -3.95. The first-order chi connectivity index (χ1) is 16.7. The molecule has 0 unspecified atom stereocenters. The second-order valence-electron chi connectivity index (χ2n) is 7.74. The molecule has 180 valence electrons. The number of halogens is 2. The molecule has 3 heterocycles. The van der Waals surface area contributed by atoms with E-state index in [2.05, 4.69) is 15.3 Å². The van der Waals surface area contributed by atoms with Crippen molar-refractivity contribution in [1.29, 1.82) is 5.26 Å². The zero-order valence-electron chi connectivity index (χ0n) is 18.2. The van der Waals surface area contributed by atoms with Gasteiger partial charge in [0.15, 0.2) is 5.75 Å². The third-order valence-corrected chi connectivity index (χ3v) is 6.12. The number of nitriles is 1. The van der Waals surface area contributed by atoms with Gasteiger partial charge in [0.2, 0.25) is 17.5 Å². The van der Waals surface area contributed by atoms with Crippen LogP contribution in [0.1, 0.15) is 36.9 Å². The molecule has 2 N–H and O–H groups in total. The van der Waals surface area contributed by atoms with Crippen LogP contribution in [0.5, 0.6) is 11.6 Å². The monoisotopic (exact) mass is 517 g/mol. The van der Waals surface area contributed by atoms with E-state index in [1.807, 2.05) is 4.98 Å². The molecule has 1 saturated heterocycles. The van der Waals surface area contributed by atoms with Crippen molar-refractivity contribution in [3.8, 4) is 23.4 Å². The van der Waals surface area contributed by atoms with Gasteiger partial charge in [0.25, 0.3) is 11.1 Å². The number of nitrogens with one attached hydrogen (secondary N) is 2. The van der Waals surface area contributed by atoms with Gasteiger partial charge >= 0.3 is 5.69 Å². The number of ether oxygens (including phenoxy) is 1. The predicted molar refractivity (Wildman–Crippen MR) is 124 cm³/mol. The highest BCUT2D eigenvalue weighted by Gasteiger charge is 2.25. The first-order valence-corrected chi connectivity index (χ1v) is 11.1. The number of aromatic nitrogens is 5. The lowest BCUT2D eigenvalue weighted by Gasteiger charge is -2.31. The summed E-state index contributed by atoms with van der Waals surface area (Å²) in [4.78, 5) is 51.4. The first kappa shape index (κ1) is 24.2. The highest BCUT2D eigenvalue weighted by molar-refractivity contribution is 6.37. The van der Waals surface area contributed by atoms with E-state index in [0.29, 0.717) is 31.5 Å². The molecule has 4 rings (SSSR count). The lowest BCUT2D eigenvalue weighted by atomic mass is 9.90. The molecule has 3 aromatic rings. The molecule has 0 aliphatic carbocycles. The number of carbonyl (C=O) groups excluding carboxylic acids is 1. The Kier molecular flexibility index (Phi) is 6.72. The Morgan fingerprint density at radius 1 is 1.14 bits per heavy atom. The number of carbonyl (C=O) groups is 1. The number of piperidine rings is 1. The molecule has 0 atom stereocenters. The van der Waals surface area contributed by atoms with Gasteiger partial charge in [0.05, 0.1) is 15.7 Å². The van der Waals surface area contributed by atoms with Gasteiger partial charge < -0.3 is 9.64 Å². The van der Waals surface area contributed by atoms with Crippen LogP contribution < -0.4 is 21.5 Å². The van der Waals surface area contributed by atoms with Crippen LogP contribution in [0.3, 0.4) is 0 Å². The Labute approximate surface area is 206 Å². The minimum Gasteiger partial charge on any atom is -0.434 e. The van der Waals surface area contributed by atoms with Crippen molar-refractivity contribution >= 4 is 29.1 Å². The Morgan fingerprint density at radius 2 is 1.80 bits per heavy atom. The third kappa shape index (κ3) is 4.96. The number of benzene rings is 1. The summed E-state index contributed by atoms with van der Waals surface area (Å²) in [6, 6.07) is 5.70. The highest BCUT2D eigenvalue weighted by Crippen LogP contribution is 2.38. The van der Waals surface area contributed by atoms with Crippen molar-refractivity contribution in [2.45, 2.75) is 25.7 Å². The maximum atomic E-state index is 12.4. The van der Waals surface area contributed by atoms with Gasteiger partial charge in [-0.1, -0.05) is 23.2 Å². The van der Waals surface area contributed by atoms with E-state index in [1.54, 1.807) is 11.0 Å². The fourth-order valence-corrected chi connectivity index (χ4v) is 4.33. The average Bonchev–Trinajstić information content (AvgIpc) is 2.82. The SMILES string of the molecule is CC(=O)N1CCC(c2cc(Oc3c(Cl)cc(-n4nc(C#N)c(=O)[nH]c4=O)cc3Cl)n[nH]c2=O)CC1. The summed E-state index contributed by atoms with van der Waals surface area (Å²) in [5.74, 6) is -0.0456. The van der Waals surface area contributed by atoms with E-state index >= 15 is 0 Å². The molecular formula is C21H17Cl2N7O5. The second kappa shape index (κ2) is 9.73. The largest absolute Gasteiger partial charge is 0.434 e. The normalized spacial score (nSPS) is 13.9. The van der Waals surface area contributed by atoms with Crippen molar-refractivity contribution in [1.82, 2.24) is 29.9 Å². The second-order valence-corrected chi connectivity index (χ2v) is 8.56. The Balaban J connectivity index is 1.62. The van der Waals surface area contributed by atoms with Gasteiger partial charge in [0, 0.05) is 31.6 Å². The van der Waals surface area contributed by atoms with Crippen molar-refractivity contribution in [2.75, 3.05) is 13.1 Å². The number of hydrogen-bond acceptors (Lipinski definition) is 8. The van der Waals surface area contributed by atoms with E-state index < -0.39 is 16.9 Å². The van der Waals surface area contributed by atoms with Crippen molar-refractivity contribution in [3.63, 3.8) is 0 Å². The standard InChI is InChI=1S/C21H17Cl2N7O5/c1-10(31)29-4-2-11(3-5-29)13-8-17(26-27-19(13)32)35-18-14(22)6-12(7-15(18)23)30-21(34)25-20(33)16(9-24)28-30/h6-8,11H,2-5H2,1H3,(H,27,32)(H,25,33,34). The molecule has 1 amide bonds. The zero-order valence-corrected chi connectivity index (χ0v) is 19.7. The highest BCUT2D eigenvalue weighted by atomic mass is 35.5. The number of rotatable bonds is 4. The van der Waals surface area contributed by atoms with Crippen LogP contribution in [0.4, 0.5) is 0 Å². The van der Waals surface area contributed by atoms with Crippen LogP contribution in [0, 0.1) is 11.3 Å². The minimum absolute atomic E-state index is 0.00645. The first-order valence-electron chi connectivity index (χ1n) is 10.3. The molecule has 0 bridgehead atoms. The summed E-state index contributed by atoms with van der Waals surface area (Å²) in [6.07, 6.45) is 1.24. The van der Waals surface area contributed by atoms with Crippen LogP contribution in [-0.4, -0.2) is 48.9 Å². The van der Waals surface area contributed by atoms with Crippen LogP contribution in [0.25, 0.3) is 5.69 Å². The van der Waals surface area contributed by atoms with Crippen molar-refractivity contribution in [2.24, 2.45) is 0 Å². The molecule has 1 aliphatic rings. The van der Waals surface area contributed by atoms with E-state index in [1.165, 1.54) is 25.1 Å². The number of aromatic amines is 2. The maximum absolute atomic E-state index is 12.4. The van der Waals surface area contributed by atoms with Crippen LogP contribution in [0.15, 0.2) is 32.6 Å². The van der Waals surface area contributed by atoms with Crippen molar-refractivity contribution in [3.05, 3.63) is 70.7 Å². The summed E-state index contributed by atoms with van der Waals surface area (Å²) in [6.45, 7) is 2.60. The van der Waals surface area contributed by atoms with Gasteiger partial charge in [-0.05, 0) is 30.9 Å². The predicted octanol–water partition coefficient (Wildman–Crippen LogP) is 1.70. The molecule has 35 heavy (non-hydrogen) atoms. The van der Waals surface area contributed by atoms with E-state index in [0.717, 1.165) is 4.68 Å². The summed E-state index contributed by atoms with van der Waals surface area (Å²) in [5.41, 5.74) is -2.14. The molecule has 1 fully saturated rings. The summed E-state index contributed by atoms with van der Waals surface area (Å²) >= 11 is 12.7. The summed E-state index contributed by atoms with van der Waals surface area (Å²) < 4.78 is 6.51. The van der Waals surface area contributed by atoms with E-state index in [-0.39, 0.29) is 44.7 Å². The molecule has 14 heteroatoms. The summed E-state index contributed by atoms with van der Waals surface area (Å²) in [7, 11) is 0. The van der Waals surface area contributed by atoms with Crippen LogP contribution in [0.2, 0.25) is 10.0 Å². The Bertz CT molecular complexity index is 1510. The van der Waals surface area contributed by atoms with Gasteiger partial charge in [-0.15, -0.1) is 10.2 Å². The molecule has 1 aromatic carbocycles. The fourth-order valence-electron chi connectivity index (χ4n) is 3.78. The molecule has 2 aromatic heterocycles. The number of amides is 1. The van der Waals surface area contributed by atoms with Gasteiger partial charge in [0.1, 0.15) is 6.07 Å².